The first kappa shape index (κ1) is 11.3. The number of Topliss-reactive ketones (excluding diaryl/α,β-unsaturated/α-hetero) is 1. The molecular weight excluding hydrogens is 220 g/mol. The van der Waals surface area contributed by atoms with E-state index in [0.29, 0.717) is 0 Å². The number of ketones is 1. The van der Waals surface area contributed by atoms with E-state index in [1.54, 1.807) is 0 Å². The highest BCUT2D eigenvalue weighted by molar-refractivity contribution is 6.46. The molecule has 0 aliphatic carbocycles. The summed E-state index contributed by atoms with van der Waals surface area (Å²) in [6.07, 6.45) is 0. The summed E-state index contributed by atoms with van der Waals surface area (Å²) >= 11 is 0. The SMILES string of the molecule is CC(C(=O)O)C1=NN(c2ccccc2)CC1=O. The van der Waals surface area contributed by atoms with Crippen LogP contribution in [0.2, 0.25) is 0 Å². The lowest BCUT2D eigenvalue weighted by atomic mass is 10.0. The maximum absolute atomic E-state index is 11.7. The van der Waals surface area contributed by atoms with Crippen LogP contribution in [0.5, 0.6) is 0 Å². The van der Waals surface area contributed by atoms with E-state index in [0.717, 1.165) is 5.69 Å². The number of carbonyl (C=O) groups excluding carboxylic acids is 1. The second-order valence-corrected chi connectivity index (χ2v) is 3.86. The molecule has 0 aromatic heterocycles. The highest BCUT2D eigenvalue weighted by Gasteiger charge is 2.32. The Kier molecular flexibility index (Phi) is 2.91. The molecule has 5 nitrogen and oxygen atoms in total. The highest BCUT2D eigenvalue weighted by atomic mass is 16.4. The van der Waals surface area contributed by atoms with Crippen molar-refractivity contribution in [3.63, 3.8) is 0 Å². The van der Waals surface area contributed by atoms with E-state index in [-0.39, 0.29) is 18.0 Å². The van der Waals surface area contributed by atoms with Crippen LogP contribution in [-0.2, 0) is 9.59 Å². The standard InChI is InChI=1S/C12H12N2O3/c1-8(12(16)17)11-10(15)7-14(13-11)9-5-3-2-4-6-9/h2-6,8H,7H2,1H3,(H,16,17). The number of hydrogen-bond donors (Lipinski definition) is 1. The minimum absolute atomic E-state index is 0.108. The van der Waals surface area contributed by atoms with Crippen molar-refractivity contribution in [1.29, 1.82) is 0 Å². The Morgan fingerprint density at radius 1 is 1.41 bits per heavy atom. The number of carboxylic acid groups (broad SMARTS) is 1. The van der Waals surface area contributed by atoms with Gasteiger partial charge in [0.2, 0.25) is 5.78 Å². The summed E-state index contributed by atoms with van der Waals surface area (Å²) in [5.41, 5.74) is 0.898. The molecule has 1 aliphatic heterocycles. The van der Waals surface area contributed by atoms with Crippen molar-refractivity contribution in [3.8, 4) is 0 Å². The molecule has 1 atom stereocenters. The molecule has 1 aliphatic rings. The third-order valence-corrected chi connectivity index (χ3v) is 2.64. The normalized spacial score (nSPS) is 16.9. The lowest BCUT2D eigenvalue weighted by Crippen LogP contribution is -2.26. The number of nitrogens with zero attached hydrogens (tertiary/aromatic N) is 2. The van der Waals surface area contributed by atoms with Gasteiger partial charge in [-0.05, 0) is 19.1 Å². The molecule has 0 radical (unpaired) electrons. The maximum atomic E-state index is 11.7. The van der Waals surface area contributed by atoms with E-state index in [1.165, 1.54) is 11.9 Å². The number of carboxylic acids is 1. The van der Waals surface area contributed by atoms with Crippen molar-refractivity contribution in [3.05, 3.63) is 30.3 Å². The summed E-state index contributed by atoms with van der Waals surface area (Å²) in [6.45, 7) is 1.57. The Bertz CT molecular complexity index is 482. The summed E-state index contributed by atoms with van der Waals surface area (Å²) in [7, 11) is 0. The molecule has 0 saturated heterocycles. The Labute approximate surface area is 98.4 Å². The largest absolute Gasteiger partial charge is 0.481 e. The molecule has 1 heterocycles. The van der Waals surface area contributed by atoms with E-state index in [9.17, 15) is 9.59 Å². The van der Waals surface area contributed by atoms with E-state index in [2.05, 4.69) is 5.10 Å². The molecule has 1 aromatic rings. The summed E-state index contributed by atoms with van der Waals surface area (Å²) in [6, 6.07) is 9.20. The van der Waals surface area contributed by atoms with E-state index in [1.807, 2.05) is 30.3 Å². The van der Waals surface area contributed by atoms with Crippen LogP contribution in [0.15, 0.2) is 35.4 Å². The van der Waals surface area contributed by atoms with Crippen molar-refractivity contribution in [2.45, 2.75) is 6.92 Å². The van der Waals surface area contributed by atoms with Crippen LogP contribution in [0.4, 0.5) is 5.69 Å². The van der Waals surface area contributed by atoms with Crippen LogP contribution in [-0.4, -0.2) is 29.1 Å². The fourth-order valence-electron chi connectivity index (χ4n) is 1.63. The number of para-hydroxylation sites is 1. The molecule has 1 unspecified atom stereocenters. The van der Waals surface area contributed by atoms with Crippen LogP contribution < -0.4 is 5.01 Å². The van der Waals surface area contributed by atoms with Crippen molar-refractivity contribution in [2.24, 2.45) is 11.0 Å². The zero-order valence-corrected chi connectivity index (χ0v) is 9.33. The van der Waals surface area contributed by atoms with E-state index >= 15 is 0 Å². The number of carbonyl (C=O) groups is 2. The van der Waals surface area contributed by atoms with Gasteiger partial charge in [-0.25, -0.2) is 0 Å². The first-order valence-electron chi connectivity index (χ1n) is 5.26. The van der Waals surface area contributed by atoms with Gasteiger partial charge < -0.3 is 5.11 Å². The van der Waals surface area contributed by atoms with Crippen LogP contribution in [0.1, 0.15) is 6.92 Å². The molecular formula is C12H12N2O3. The average molecular weight is 232 g/mol. The maximum Gasteiger partial charge on any atom is 0.312 e. The Balaban J connectivity index is 2.26. The van der Waals surface area contributed by atoms with Gasteiger partial charge in [-0.1, -0.05) is 18.2 Å². The predicted molar refractivity (Wildman–Crippen MR) is 63.0 cm³/mol. The number of hydrazone groups is 1. The lowest BCUT2D eigenvalue weighted by molar-refractivity contribution is -0.139. The molecule has 0 fully saturated rings. The summed E-state index contributed by atoms with van der Waals surface area (Å²) in [5, 5.41) is 14.5. The molecule has 17 heavy (non-hydrogen) atoms. The van der Waals surface area contributed by atoms with Crippen molar-refractivity contribution < 1.29 is 14.7 Å². The predicted octanol–water partition coefficient (Wildman–Crippen LogP) is 1.15. The van der Waals surface area contributed by atoms with Crippen molar-refractivity contribution in [2.75, 3.05) is 11.6 Å². The van der Waals surface area contributed by atoms with Gasteiger partial charge in [0.25, 0.3) is 0 Å². The van der Waals surface area contributed by atoms with Gasteiger partial charge in [-0.15, -0.1) is 0 Å². The molecule has 0 spiro atoms. The van der Waals surface area contributed by atoms with Gasteiger partial charge in [-0.3, -0.25) is 14.6 Å². The molecule has 0 amide bonds. The van der Waals surface area contributed by atoms with Crippen LogP contribution in [0.3, 0.4) is 0 Å². The van der Waals surface area contributed by atoms with Gasteiger partial charge >= 0.3 is 5.97 Å². The topological polar surface area (TPSA) is 70.0 Å². The van der Waals surface area contributed by atoms with Crippen LogP contribution in [0, 0.1) is 5.92 Å². The fourth-order valence-corrected chi connectivity index (χ4v) is 1.63. The first-order valence-corrected chi connectivity index (χ1v) is 5.26. The quantitative estimate of drug-likeness (QED) is 0.848. The van der Waals surface area contributed by atoms with E-state index < -0.39 is 11.9 Å². The van der Waals surface area contributed by atoms with Gasteiger partial charge in [0, 0.05) is 0 Å². The second-order valence-electron chi connectivity index (χ2n) is 3.86. The van der Waals surface area contributed by atoms with Crippen LogP contribution >= 0.6 is 0 Å². The summed E-state index contributed by atoms with van der Waals surface area (Å²) in [5.74, 6) is -2.13. The zero-order valence-electron chi connectivity index (χ0n) is 9.33. The zero-order chi connectivity index (χ0) is 12.4. The lowest BCUT2D eigenvalue weighted by Gasteiger charge is -2.11. The van der Waals surface area contributed by atoms with Gasteiger partial charge in [0.05, 0.1) is 5.69 Å². The molecule has 5 heteroatoms. The second kappa shape index (κ2) is 4.37. The number of aliphatic carboxylic acids is 1. The first-order chi connectivity index (χ1) is 8.09. The third-order valence-electron chi connectivity index (χ3n) is 2.64. The Morgan fingerprint density at radius 3 is 2.65 bits per heavy atom. The smallest absolute Gasteiger partial charge is 0.312 e. The Morgan fingerprint density at radius 2 is 2.06 bits per heavy atom. The van der Waals surface area contributed by atoms with Gasteiger partial charge in [0.15, 0.2) is 0 Å². The number of anilines is 1. The minimum atomic E-state index is -1.04. The third kappa shape index (κ3) is 2.18. The molecule has 0 bridgehead atoms. The average Bonchev–Trinajstić information content (AvgIpc) is 2.71. The number of benzene rings is 1. The summed E-state index contributed by atoms with van der Waals surface area (Å²) in [4.78, 5) is 22.5. The molecule has 1 aromatic carbocycles. The number of hydrogen-bond acceptors (Lipinski definition) is 4. The van der Waals surface area contributed by atoms with Gasteiger partial charge in [0.1, 0.15) is 18.2 Å². The molecule has 0 saturated carbocycles. The van der Waals surface area contributed by atoms with Crippen LogP contribution in [0.25, 0.3) is 0 Å². The van der Waals surface area contributed by atoms with Crippen molar-refractivity contribution >= 4 is 23.2 Å². The monoisotopic (exact) mass is 232 g/mol. The fraction of sp³-hybridized carbons (Fsp3) is 0.250. The summed E-state index contributed by atoms with van der Waals surface area (Å²) < 4.78 is 0. The highest BCUT2D eigenvalue weighted by Crippen LogP contribution is 2.19. The Hall–Kier alpha value is -2.17. The molecule has 88 valence electrons. The minimum Gasteiger partial charge on any atom is -0.481 e. The van der Waals surface area contributed by atoms with Gasteiger partial charge in [-0.2, -0.15) is 5.10 Å². The molecule has 1 N–H and O–H groups in total. The molecule has 2 rings (SSSR count). The van der Waals surface area contributed by atoms with Crippen molar-refractivity contribution in [1.82, 2.24) is 0 Å². The number of rotatable bonds is 3. The van der Waals surface area contributed by atoms with E-state index in [4.69, 9.17) is 5.11 Å².